The molecular weight excluding hydrogens is 496 g/mol. The lowest BCUT2D eigenvalue weighted by atomic mass is 9.83. The average molecular weight is 549 g/mol. The highest BCUT2D eigenvalue weighted by molar-refractivity contribution is 6.74. The Kier molecular flexibility index (Phi) is 11.7. The molecule has 1 aromatic rings. The zero-order chi connectivity index (χ0) is 28.6. The monoisotopic (exact) mass is 548 g/mol. The summed E-state index contributed by atoms with van der Waals surface area (Å²) in [5, 5.41) is 3.13. The number of nitrogens with zero attached hydrogens (tertiary/aromatic N) is 1. The lowest BCUT2D eigenvalue weighted by Gasteiger charge is -2.43. The molecule has 8 heteroatoms. The molecule has 1 N–H and O–H groups in total. The molecular formula is C30H52N2O5Si. The van der Waals surface area contributed by atoms with Gasteiger partial charge < -0.3 is 24.1 Å². The lowest BCUT2D eigenvalue weighted by Crippen LogP contribution is -2.56. The first-order valence-corrected chi connectivity index (χ1v) is 17.1. The van der Waals surface area contributed by atoms with E-state index < -0.39 is 26.1 Å². The molecule has 0 saturated heterocycles. The van der Waals surface area contributed by atoms with Crippen LogP contribution in [0.5, 0.6) is 0 Å². The molecule has 0 bridgehead atoms. The van der Waals surface area contributed by atoms with Gasteiger partial charge in [0.15, 0.2) is 8.32 Å². The van der Waals surface area contributed by atoms with Crippen molar-refractivity contribution in [3.63, 3.8) is 0 Å². The number of likely N-dealkylation sites (N-methyl/N-ethyl adjacent to an activating group) is 1. The van der Waals surface area contributed by atoms with Crippen LogP contribution in [0.25, 0.3) is 0 Å². The van der Waals surface area contributed by atoms with Crippen molar-refractivity contribution in [1.29, 1.82) is 0 Å². The maximum Gasteiger partial charge on any atom is 0.409 e. The van der Waals surface area contributed by atoms with Crippen molar-refractivity contribution in [3.05, 3.63) is 35.9 Å². The van der Waals surface area contributed by atoms with Gasteiger partial charge in [0.1, 0.15) is 12.2 Å². The van der Waals surface area contributed by atoms with E-state index in [1.807, 2.05) is 51.1 Å². The van der Waals surface area contributed by atoms with Crippen LogP contribution in [0.2, 0.25) is 18.1 Å². The number of nitrogens with one attached hydrogen (secondary N) is 1. The molecule has 216 valence electrons. The number of carbonyl (C=O) groups excluding carboxylic acids is 2. The molecule has 38 heavy (non-hydrogen) atoms. The van der Waals surface area contributed by atoms with Crippen LogP contribution in [0.3, 0.4) is 0 Å². The van der Waals surface area contributed by atoms with Crippen molar-refractivity contribution in [2.24, 2.45) is 5.92 Å². The van der Waals surface area contributed by atoms with Crippen LogP contribution >= 0.6 is 0 Å². The maximum atomic E-state index is 13.0. The molecule has 0 spiro atoms. The summed E-state index contributed by atoms with van der Waals surface area (Å²) in [5.74, 6) is 0.504. The van der Waals surface area contributed by atoms with Crippen molar-refractivity contribution in [1.82, 2.24) is 10.2 Å². The highest BCUT2D eigenvalue weighted by atomic mass is 28.4. The molecule has 1 fully saturated rings. The van der Waals surface area contributed by atoms with Gasteiger partial charge in [-0.2, -0.15) is 0 Å². The van der Waals surface area contributed by atoms with Crippen molar-refractivity contribution < 1.29 is 23.5 Å². The van der Waals surface area contributed by atoms with Gasteiger partial charge in [-0.3, -0.25) is 0 Å². The molecule has 0 aliphatic heterocycles. The van der Waals surface area contributed by atoms with Gasteiger partial charge in [-0.15, -0.1) is 0 Å². The number of hydrogen-bond acceptors (Lipinski definition) is 5. The molecule has 0 radical (unpaired) electrons. The summed E-state index contributed by atoms with van der Waals surface area (Å²) in [6.45, 7) is 17.1. The molecule has 1 aliphatic rings. The smallest absolute Gasteiger partial charge is 0.409 e. The summed E-state index contributed by atoms with van der Waals surface area (Å²) in [5.41, 5.74) is 0.331. The Balaban J connectivity index is 2.26. The standard InChI is InChI=1S/C30H52N2O5Si/c1-29(2,3)36-27(33)31-25(20-23-16-12-10-13-17-23)26(37-38(8,9)30(4,5)6)21-32(7)28(34)35-22-24-18-14-11-15-19-24/h11,14-15,18-19,23,25-26H,10,12-13,16-17,20-22H2,1-9H3,(H,31,33)/t25-,26+/m0/s1. The number of ether oxygens (including phenoxy) is 2. The van der Waals surface area contributed by atoms with E-state index in [1.165, 1.54) is 19.3 Å². The summed E-state index contributed by atoms with van der Waals surface area (Å²) >= 11 is 0. The molecule has 0 heterocycles. The van der Waals surface area contributed by atoms with Gasteiger partial charge in [0.05, 0.1) is 18.7 Å². The highest BCUT2D eigenvalue weighted by Crippen LogP contribution is 2.38. The summed E-state index contributed by atoms with van der Waals surface area (Å²) in [4.78, 5) is 27.5. The van der Waals surface area contributed by atoms with Gasteiger partial charge >= 0.3 is 12.2 Å². The maximum absolute atomic E-state index is 13.0. The van der Waals surface area contributed by atoms with Gasteiger partial charge in [-0.25, -0.2) is 9.59 Å². The van der Waals surface area contributed by atoms with Gasteiger partial charge in [-0.1, -0.05) is 83.2 Å². The van der Waals surface area contributed by atoms with Gasteiger partial charge in [0, 0.05) is 7.05 Å². The minimum atomic E-state index is -2.24. The molecule has 1 aromatic carbocycles. The molecule has 0 aromatic heterocycles. The zero-order valence-corrected chi connectivity index (χ0v) is 26.3. The third kappa shape index (κ3) is 11.0. The average Bonchev–Trinajstić information content (AvgIpc) is 2.81. The van der Waals surface area contributed by atoms with Crippen LogP contribution in [0.1, 0.15) is 85.6 Å². The number of carbonyl (C=O) groups is 2. The van der Waals surface area contributed by atoms with E-state index in [-0.39, 0.29) is 23.8 Å². The summed E-state index contributed by atoms with van der Waals surface area (Å²) in [7, 11) is -0.501. The Morgan fingerprint density at radius 1 is 1.03 bits per heavy atom. The fourth-order valence-electron chi connectivity index (χ4n) is 4.52. The number of amides is 2. The Hall–Kier alpha value is -2.06. The molecule has 2 amide bonds. The Labute approximate surface area is 232 Å². The summed E-state index contributed by atoms with van der Waals surface area (Å²) < 4.78 is 18.2. The number of hydrogen-bond donors (Lipinski definition) is 1. The minimum Gasteiger partial charge on any atom is -0.445 e. The first kappa shape index (κ1) is 32.2. The molecule has 2 atom stereocenters. The van der Waals surface area contributed by atoms with Crippen LogP contribution in [0.4, 0.5) is 9.59 Å². The van der Waals surface area contributed by atoms with Gasteiger partial charge in [0.2, 0.25) is 0 Å². The number of alkyl carbamates (subject to hydrolysis) is 1. The predicted molar refractivity (Wildman–Crippen MR) is 156 cm³/mol. The van der Waals surface area contributed by atoms with Crippen molar-refractivity contribution >= 4 is 20.5 Å². The molecule has 1 aliphatic carbocycles. The molecule has 0 unspecified atom stereocenters. The minimum absolute atomic E-state index is 0.0288. The van der Waals surface area contributed by atoms with Crippen molar-refractivity contribution in [3.8, 4) is 0 Å². The largest absolute Gasteiger partial charge is 0.445 e. The van der Waals surface area contributed by atoms with E-state index in [1.54, 1.807) is 11.9 Å². The van der Waals surface area contributed by atoms with Crippen molar-refractivity contribution in [2.45, 2.75) is 123 Å². The Bertz CT molecular complexity index is 873. The number of benzene rings is 1. The first-order valence-electron chi connectivity index (χ1n) is 14.2. The molecule has 2 rings (SSSR count). The van der Waals surface area contributed by atoms with Crippen LogP contribution in [0, 0.1) is 5.92 Å². The zero-order valence-electron chi connectivity index (χ0n) is 25.3. The van der Waals surface area contributed by atoms with E-state index in [4.69, 9.17) is 13.9 Å². The first-order chi connectivity index (χ1) is 17.6. The second-order valence-electron chi connectivity index (χ2n) is 13.3. The van der Waals surface area contributed by atoms with Crippen LogP contribution < -0.4 is 5.32 Å². The van der Waals surface area contributed by atoms with E-state index in [2.05, 4.69) is 39.2 Å². The summed E-state index contributed by atoms with van der Waals surface area (Å²) in [6.07, 6.45) is 5.53. The van der Waals surface area contributed by atoms with E-state index >= 15 is 0 Å². The van der Waals surface area contributed by atoms with E-state index in [0.717, 1.165) is 24.8 Å². The number of rotatable bonds is 10. The van der Waals surface area contributed by atoms with Crippen LogP contribution in [0.15, 0.2) is 30.3 Å². The SMILES string of the molecule is CN(C[C@@H](O[Si](C)(C)C(C)(C)C)[C@H](CC1CCCCC1)NC(=O)OC(C)(C)C)C(=O)OCc1ccccc1. The predicted octanol–water partition coefficient (Wildman–Crippen LogP) is 7.51. The Morgan fingerprint density at radius 3 is 2.18 bits per heavy atom. The Morgan fingerprint density at radius 2 is 1.63 bits per heavy atom. The third-order valence-corrected chi connectivity index (χ3v) is 12.2. The normalized spacial score (nSPS) is 16.9. The topological polar surface area (TPSA) is 77.1 Å². The molecule has 1 saturated carbocycles. The summed E-state index contributed by atoms with van der Waals surface area (Å²) in [6, 6.07) is 9.36. The van der Waals surface area contributed by atoms with E-state index in [0.29, 0.717) is 12.5 Å². The highest BCUT2D eigenvalue weighted by Gasteiger charge is 2.42. The third-order valence-electron chi connectivity index (χ3n) is 7.69. The van der Waals surface area contributed by atoms with Crippen LogP contribution in [-0.2, 0) is 20.5 Å². The fourth-order valence-corrected chi connectivity index (χ4v) is 5.87. The van der Waals surface area contributed by atoms with Crippen LogP contribution in [-0.4, -0.2) is 56.7 Å². The fraction of sp³-hybridized carbons (Fsp3) is 0.733. The van der Waals surface area contributed by atoms with E-state index in [9.17, 15) is 9.59 Å². The quantitative estimate of drug-likeness (QED) is 0.306. The molecule has 7 nitrogen and oxygen atoms in total. The van der Waals surface area contributed by atoms with Crippen molar-refractivity contribution in [2.75, 3.05) is 13.6 Å². The lowest BCUT2D eigenvalue weighted by molar-refractivity contribution is 0.0346. The second kappa shape index (κ2) is 13.8. The van der Waals surface area contributed by atoms with Gasteiger partial charge in [-0.05, 0) is 56.8 Å². The second-order valence-corrected chi connectivity index (χ2v) is 18.1. The van der Waals surface area contributed by atoms with Gasteiger partial charge in [0.25, 0.3) is 0 Å².